The van der Waals surface area contributed by atoms with Gasteiger partial charge in [0.2, 0.25) is 0 Å². The number of rotatable bonds is 6. The van der Waals surface area contributed by atoms with Gasteiger partial charge >= 0.3 is 0 Å². The van der Waals surface area contributed by atoms with E-state index in [0.717, 1.165) is 11.3 Å². The number of pyridine rings is 1. The second-order valence-electron chi connectivity index (χ2n) is 6.82. The fraction of sp³-hybridized carbons (Fsp3) is 0.400. The summed E-state index contributed by atoms with van der Waals surface area (Å²) in [6, 6.07) is 10.3. The van der Waals surface area contributed by atoms with Gasteiger partial charge in [0.25, 0.3) is 5.91 Å². The zero-order valence-corrected chi connectivity index (χ0v) is 14.9. The maximum atomic E-state index is 13.9. The maximum Gasteiger partial charge on any atom is 0.256 e. The van der Waals surface area contributed by atoms with Crippen molar-refractivity contribution in [3.63, 3.8) is 0 Å². The number of halogens is 1. The first-order valence-corrected chi connectivity index (χ1v) is 8.86. The minimum atomic E-state index is -1.47. The number of aliphatic hydroxyl groups is 1. The summed E-state index contributed by atoms with van der Waals surface area (Å²) in [6.07, 6.45) is 2.80. The number of hydrogen-bond acceptors (Lipinski definition) is 4. The van der Waals surface area contributed by atoms with Crippen LogP contribution >= 0.6 is 0 Å². The van der Waals surface area contributed by atoms with Crippen LogP contribution in [0.25, 0.3) is 0 Å². The highest BCUT2D eigenvalue weighted by Gasteiger charge is 2.41. The molecule has 1 aromatic carbocycles. The quantitative estimate of drug-likeness (QED) is 0.832. The second kappa shape index (κ2) is 7.93. The van der Waals surface area contributed by atoms with Gasteiger partial charge in [0.1, 0.15) is 5.82 Å². The molecule has 3 rings (SSSR count). The van der Waals surface area contributed by atoms with Gasteiger partial charge in [0.15, 0.2) is 5.60 Å². The van der Waals surface area contributed by atoms with E-state index < -0.39 is 5.60 Å². The lowest BCUT2D eigenvalue weighted by atomic mass is 9.91. The lowest BCUT2D eigenvalue weighted by Crippen LogP contribution is -2.57. The number of benzene rings is 1. The van der Waals surface area contributed by atoms with E-state index in [4.69, 9.17) is 0 Å². The third-order valence-corrected chi connectivity index (χ3v) is 4.85. The summed E-state index contributed by atoms with van der Waals surface area (Å²) in [6.45, 7) is 3.30. The molecule has 6 heteroatoms. The van der Waals surface area contributed by atoms with Crippen LogP contribution in [0.2, 0.25) is 0 Å². The molecule has 1 saturated heterocycles. The first-order chi connectivity index (χ1) is 12.5. The number of aryl methyl sites for hydroxylation is 1. The number of hydrogen-bond donors (Lipinski definition) is 2. The van der Waals surface area contributed by atoms with Gasteiger partial charge < -0.3 is 15.3 Å². The average molecular weight is 357 g/mol. The third kappa shape index (κ3) is 4.08. The van der Waals surface area contributed by atoms with Crippen molar-refractivity contribution in [3.8, 4) is 0 Å². The first-order valence-electron chi connectivity index (χ1n) is 8.86. The number of amides is 1. The van der Waals surface area contributed by atoms with Crippen molar-refractivity contribution in [2.75, 3.05) is 13.1 Å². The Balaban J connectivity index is 1.62. The molecule has 5 nitrogen and oxygen atoms in total. The van der Waals surface area contributed by atoms with Crippen LogP contribution < -0.4 is 5.32 Å². The largest absolute Gasteiger partial charge is 0.379 e. The first kappa shape index (κ1) is 18.5. The van der Waals surface area contributed by atoms with E-state index in [9.17, 15) is 14.3 Å². The van der Waals surface area contributed by atoms with E-state index >= 15 is 0 Å². The molecule has 1 aromatic heterocycles. The monoisotopic (exact) mass is 357 g/mol. The number of carbonyl (C=O) groups is 1. The van der Waals surface area contributed by atoms with Crippen molar-refractivity contribution in [3.05, 3.63) is 65.2 Å². The van der Waals surface area contributed by atoms with E-state index in [1.165, 1.54) is 11.0 Å². The average Bonchev–Trinajstić information content (AvgIpc) is 2.63. The number of aromatic nitrogens is 1. The Morgan fingerprint density at radius 3 is 2.88 bits per heavy atom. The number of nitrogens with zero attached hydrogens (tertiary/aromatic N) is 2. The van der Waals surface area contributed by atoms with Crippen LogP contribution in [0.1, 0.15) is 29.7 Å². The molecule has 0 radical (unpaired) electrons. The van der Waals surface area contributed by atoms with Gasteiger partial charge in [-0.3, -0.25) is 9.78 Å². The molecule has 1 unspecified atom stereocenters. The standard InChI is InChI=1S/C20H24FN3O2/c1-15-6-4-10-23-18(15)12-22-14-20(26)9-5-11-24(19(20)25)13-16-7-2-3-8-17(16)21/h2-4,6-8,10,22,26H,5,9,11-14H2,1H3. The van der Waals surface area contributed by atoms with Crippen LogP contribution in [-0.2, 0) is 17.9 Å². The van der Waals surface area contributed by atoms with Crippen LogP contribution in [0.15, 0.2) is 42.6 Å². The summed E-state index contributed by atoms with van der Waals surface area (Å²) in [4.78, 5) is 18.6. The van der Waals surface area contributed by atoms with E-state index in [1.54, 1.807) is 24.4 Å². The Hall–Kier alpha value is -2.31. The molecule has 138 valence electrons. The van der Waals surface area contributed by atoms with Gasteiger partial charge in [-0.15, -0.1) is 0 Å². The van der Waals surface area contributed by atoms with E-state index in [1.807, 2.05) is 19.1 Å². The lowest BCUT2D eigenvalue weighted by Gasteiger charge is -2.38. The molecular formula is C20H24FN3O2. The zero-order chi connectivity index (χ0) is 18.6. The molecule has 0 bridgehead atoms. The van der Waals surface area contributed by atoms with Crippen LogP contribution in [-0.4, -0.2) is 39.6 Å². The minimum Gasteiger partial charge on any atom is -0.379 e. The molecular weight excluding hydrogens is 333 g/mol. The van der Waals surface area contributed by atoms with Crippen LogP contribution in [0.3, 0.4) is 0 Å². The van der Waals surface area contributed by atoms with Gasteiger partial charge in [-0.2, -0.15) is 0 Å². The van der Waals surface area contributed by atoms with Gasteiger partial charge in [0, 0.05) is 37.9 Å². The van der Waals surface area contributed by atoms with E-state index in [0.29, 0.717) is 31.5 Å². The van der Waals surface area contributed by atoms with Crippen molar-refractivity contribution in [2.45, 2.75) is 38.5 Å². The third-order valence-electron chi connectivity index (χ3n) is 4.85. The highest BCUT2D eigenvalue weighted by atomic mass is 19.1. The Labute approximate surface area is 152 Å². The summed E-state index contributed by atoms with van der Waals surface area (Å²) in [7, 11) is 0. The van der Waals surface area contributed by atoms with E-state index in [-0.39, 0.29) is 24.8 Å². The molecule has 2 heterocycles. The molecule has 1 fully saturated rings. The van der Waals surface area contributed by atoms with Crippen LogP contribution in [0.5, 0.6) is 0 Å². The van der Waals surface area contributed by atoms with Gasteiger partial charge in [-0.25, -0.2) is 4.39 Å². The molecule has 0 spiro atoms. The van der Waals surface area contributed by atoms with Gasteiger partial charge in [0.05, 0.1) is 5.69 Å². The van der Waals surface area contributed by atoms with Crippen LogP contribution in [0.4, 0.5) is 4.39 Å². The predicted molar refractivity (Wildman–Crippen MR) is 96.7 cm³/mol. The number of likely N-dealkylation sites (tertiary alicyclic amines) is 1. The predicted octanol–water partition coefficient (Wildman–Crippen LogP) is 2.17. The Kier molecular flexibility index (Phi) is 5.64. The highest BCUT2D eigenvalue weighted by molar-refractivity contribution is 5.86. The summed E-state index contributed by atoms with van der Waals surface area (Å²) < 4.78 is 13.9. The second-order valence-corrected chi connectivity index (χ2v) is 6.82. The van der Waals surface area contributed by atoms with Crippen molar-refractivity contribution >= 4 is 5.91 Å². The van der Waals surface area contributed by atoms with E-state index in [2.05, 4.69) is 10.3 Å². The Bertz CT molecular complexity index is 783. The molecule has 0 saturated carbocycles. The Morgan fingerprint density at radius 1 is 1.31 bits per heavy atom. The number of piperidine rings is 1. The molecule has 26 heavy (non-hydrogen) atoms. The Morgan fingerprint density at radius 2 is 2.12 bits per heavy atom. The fourth-order valence-corrected chi connectivity index (χ4v) is 3.30. The normalized spacial score (nSPS) is 20.4. The van der Waals surface area contributed by atoms with Gasteiger partial charge in [-0.05, 0) is 37.5 Å². The highest BCUT2D eigenvalue weighted by Crippen LogP contribution is 2.24. The minimum absolute atomic E-state index is 0.148. The summed E-state index contributed by atoms with van der Waals surface area (Å²) >= 11 is 0. The number of nitrogens with one attached hydrogen (secondary N) is 1. The van der Waals surface area contributed by atoms with Crippen molar-refractivity contribution < 1.29 is 14.3 Å². The maximum absolute atomic E-state index is 13.9. The topological polar surface area (TPSA) is 65.5 Å². The molecule has 1 atom stereocenters. The zero-order valence-electron chi connectivity index (χ0n) is 14.9. The summed E-state index contributed by atoms with van der Waals surface area (Å²) in [5.74, 6) is -0.685. The molecule has 2 N–H and O–H groups in total. The van der Waals surface area contributed by atoms with Crippen molar-refractivity contribution in [2.24, 2.45) is 0 Å². The van der Waals surface area contributed by atoms with Crippen molar-refractivity contribution in [1.29, 1.82) is 0 Å². The molecule has 1 aliphatic heterocycles. The summed E-state index contributed by atoms with van der Waals surface area (Å²) in [5, 5.41) is 14.0. The fourth-order valence-electron chi connectivity index (χ4n) is 3.30. The van der Waals surface area contributed by atoms with Crippen molar-refractivity contribution in [1.82, 2.24) is 15.2 Å². The SMILES string of the molecule is Cc1cccnc1CNCC1(O)CCCN(Cc2ccccc2F)C1=O. The molecule has 1 amide bonds. The number of carbonyl (C=O) groups excluding carboxylic acids is 1. The van der Waals surface area contributed by atoms with Gasteiger partial charge in [-0.1, -0.05) is 24.3 Å². The molecule has 0 aliphatic carbocycles. The van der Waals surface area contributed by atoms with Crippen LogP contribution in [0, 0.1) is 12.7 Å². The smallest absolute Gasteiger partial charge is 0.256 e. The lowest BCUT2D eigenvalue weighted by molar-refractivity contribution is -0.157. The summed E-state index contributed by atoms with van der Waals surface area (Å²) in [5.41, 5.74) is 0.944. The molecule has 1 aliphatic rings. The molecule has 2 aromatic rings.